The second kappa shape index (κ2) is 12.1. The summed E-state index contributed by atoms with van der Waals surface area (Å²) in [5.41, 5.74) is 0.891. The molecule has 1 aromatic rings. The topological polar surface area (TPSA) is 105 Å². The molecule has 8 nitrogen and oxygen atoms in total. The zero-order valence-electron chi connectivity index (χ0n) is 16.0. The summed E-state index contributed by atoms with van der Waals surface area (Å²) in [6.45, 7) is 2.41. The minimum Gasteiger partial charge on any atom is -0.493 e. The van der Waals surface area contributed by atoms with Crippen LogP contribution in [0.2, 0.25) is 0 Å². The van der Waals surface area contributed by atoms with Crippen molar-refractivity contribution >= 4 is 39.4 Å². The molecule has 0 spiro atoms. The predicted molar refractivity (Wildman–Crippen MR) is 103 cm³/mol. The molecule has 1 rings (SSSR count). The minimum absolute atomic E-state index is 0.124. The number of carbonyl (C=O) groups excluding carboxylic acids is 4. The molecule has 0 aliphatic rings. The molecule has 0 aromatic heterocycles. The van der Waals surface area contributed by atoms with Crippen LogP contribution in [0, 0.1) is 0 Å². The van der Waals surface area contributed by atoms with Gasteiger partial charge < -0.3 is 18.9 Å². The number of rotatable bonds is 12. The van der Waals surface area contributed by atoms with Crippen LogP contribution < -0.4 is 9.47 Å². The minimum atomic E-state index is -0.662. The monoisotopic (exact) mass is 458 g/mol. The van der Waals surface area contributed by atoms with E-state index in [-0.39, 0.29) is 42.6 Å². The molecule has 0 heterocycles. The van der Waals surface area contributed by atoms with Crippen molar-refractivity contribution in [3.05, 3.63) is 23.8 Å². The van der Waals surface area contributed by atoms with E-state index in [9.17, 15) is 19.2 Å². The van der Waals surface area contributed by atoms with Gasteiger partial charge in [-0.25, -0.2) is 0 Å². The highest BCUT2D eigenvalue weighted by Gasteiger charge is 2.14. The quantitative estimate of drug-likeness (QED) is 0.203. The van der Waals surface area contributed by atoms with Gasteiger partial charge in [-0.05, 0) is 38.0 Å². The summed E-state index contributed by atoms with van der Waals surface area (Å²) in [5, 5.41) is 0. The zero-order valence-corrected chi connectivity index (χ0v) is 17.6. The summed E-state index contributed by atoms with van der Waals surface area (Å²) in [5.74, 6) is -0.942. The van der Waals surface area contributed by atoms with E-state index in [1.807, 2.05) is 0 Å². The van der Waals surface area contributed by atoms with E-state index in [0.29, 0.717) is 17.9 Å². The number of ether oxygens (including phenoxy) is 4. The van der Waals surface area contributed by atoms with Gasteiger partial charge in [-0.2, -0.15) is 0 Å². The number of alkyl halides is 1. The van der Waals surface area contributed by atoms with Gasteiger partial charge in [0.1, 0.15) is 31.0 Å². The number of methoxy groups -OCH3 is 1. The SMILES string of the molecule is COc1cc(CC(Br)COC(=O)CC(C)=O)ccc1OCOC(=O)CC(C)=O. The summed E-state index contributed by atoms with van der Waals surface area (Å²) in [6.07, 6.45) is -0.00276. The number of esters is 2. The van der Waals surface area contributed by atoms with Crippen LogP contribution in [0.5, 0.6) is 11.5 Å². The number of benzene rings is 1. The van der Waals surface area contributed by atoms with Crippen molar-refractivity contribution in [2.75, 3.05) is 20.5 Å². The number of halogens is 1. The third-order valence-corrected chi connectivity index (χ3v) is 3.92. The lowest BCUT2D eigenvalue weighted by molar-refractivity contribution is -0.152. The van der Waals surface area contributed by atoms with E-state index in [1.54, 1.807) is 18.2 Å². The molecule has 1 unspecified atom stereocenters. The van der Waals surface area contributed by atoms with E-state index < -0.39 is 11.9 Å². The van der Waals surface area contributed by atoms with Crippen LogP contribution in [0.15, 0.2) is 18.2 Å². The Hall–Kier alpha value is -2.42. The first kappa shape index (κ1) is 23.6. The first-order valence-electron chi connectivity index (χ1n) is 8.45. The van der Waals surface area contributed by atoms with E-state index in [1.165, 1.54) is 21.0 Å². The van der Waals surface area contributed by atoms with Crippen molar-refractivity contribution < 1.29 is 38.1 Å². The summed E-state index contributed by atoms with van der Waals surface area (Å²) < 4.78 is 20.5. The summed E-state index contributed by atoms with van der Waals surface area (Å²) in [7, 11) is 1.48. The average Bonchev–Trinajstić information content (AvgIpc) is 2.59. The largest absolute Gasteiger partial charge is 0.493 e. The number of ketones is 2. The van der Waals surface area contributed by atoms with Crippen molar-refractivity contribution in [3.8, 4) is 11.5 Å². The van der Waals surface area contributed by atoms with Crippen LogP contribution in [-0.4, -0.2) is 48.8 Å². The van der Waals surface area contributed by atoms with Crippen molar-refractivity contribution in [1.82, 2.24) is 0 Å². The second-order valence-corrected chi connectivity index (χ2v) is 7.30. The maximum Gasteiger partial charge on any atom is 0.316 e. The van der Waals surface area contributed by atoms with Gasteiger partial charge in [0.2, 0.25) is 6.79 Å². The lowest BCUT2D eigenvalue weighted by Gasteiger charge is -2.14. The maximum atomic E-state index is 11.4. The highest BCUT2D eigenvalue weighted by molar-refractivity contribution is 9.09. The third kappa shape index (κ3) is 9.50. The second-order valence-electron chi connectivity index (χ2n) is 6.01. The fraction of sp³-hybridized carbons (Fsp3) is 0.474. The molecule has 0 amide bonds. The predicted octanol–water partition coefficient (Wildman–Crippen LogP) is 2.38. The first-order chi connectivity index (χ1) is 13.2. The lowest BCUT2D eigenvalue weighted by Crippen LogP contribution is -2.17. The van der Waals surface area contributed by atoms with Gasteiger partial charge in [0.05, 0.1) is 11.9 Å². The zero-order chi connectivity index (χ0) is 21.1. The van der Waals surface area contributed by atoms with Gasteiger partial charge >= 0.3 is 11.9 Å². The average molecular weight is 459 g/mol. The van der Waals surface area contributed by atoms with Crippen molar-refractivity contribution in [3.63, 3.8) is 0 Å². The standard InChI is InChI=1S/C19H23BrO8/c1-12(21)6-18(23)26-10-15(20)8-14-4-5-16(17(9-14)25-3)27-11-28-19(24)7-13(2)22/h4-5,9,15H,6-8,10-11H2,1-3H3. The van der Waals surface area contributed by atoms with Crippen molar-refractivity contribution in [2.24, 2.45) is 0 Å². The fourth-order valence-electron chi connectivity index (χ4n) is 2.12. The van der Waals surface area contributed by atoms with Gasteiger partial charge in [-0.3, -0.25) is 19.2 Å². The summed E-state index contributed by atoms with van der Waals surface area (Å²) >= 11 is 3.43. The molecule has 0 fully saturated rings. The van der Waals surface area contributed by atoms with Gasteiger partial charge in [-0.15, -0.1) is 0 Å². The molecule has 0 aliphatic heterocycles. The Morgan fingerprint density at radius 1 is 0.964 bits per heavy atom. The molecule has 0 radical (unpaired) electrons. The Kier molecular flexibility index (Phi) is 10.2. The number of carbonyl (C=O) groups is 4. The van der Waals surface area contributed by atoms with E-state index in [4.69, 9.17) is 18.9 Å². The molecule has 28 heavy (non-hydrogen) atoms. The molecule has 0 bridgehead atoms. The molecule has 154 valence electrons. The Labute approximate surface area is 171 Å². The molecular formula is C19H23BrO8. The first-order valence-corrected chi connectivity index (χ1v) is 9.36. The highest BCUT2D eigenvalue weighted by Crippen LogP contribution is 2.29. The molecular weight excluding hydrogens is 436 g/mol. The van der Waals surface area contributed by atoms with Gasteiger partial charge in [0, 0.05) is 0 Å². The van der Waals surface area contributed by atoms with Crippen LogP contribution in [0.1, 0.15) is 32.3 Å². The molecule has 1 atom stereocenters. The summed E-state index contributed by atoms with van der Waals surface area (Å²) in [6, 6.07) is 5.20. The maximum absolute atomic E-state index is 11.4. The number of Topliss-reactive ketones (excluding diaryl/α,β-unsaturated/α-hetero) is 2. The summed E-state index contributed by atoms with van der Waals surface area (Å²) in [4.78, 5) is 44.3. The normalized spacial score (nSPS) is 11.3. The van der Waals surface area contributed by atoms with Gasteiger partial charge in [0.15, 0.2) is 11.5 Å². The number of hydrogen-bond donors (Lipinski definition) is 0. The highest BCUT2D eigenvalue weighted by atomic mass is 79.9. The van der Waals surface area contributed by atoms with E-state index >= 15 is 0 Å². The smallest absolute Gasteiger partial charge is 0.316 e. The Balaban J connectivity index is 2.54. The Bertz CT molecular complexity index is 716. The van der Waals surface area contributed by atoms with Crippen LogP contribution in [0.25, 0.3) is 0 Å². The van der Waals surface area contributed by atoms with Crippen molar-refractivity contribution in [1.29, 1.82) is 0 Å². The lowest BCUT2D eigenvalue weighted by atomic mass is 10.1. The van der Waals surface area contributed by atoms with Crippen LogP contribution in [-0.2, 0) is 35.1 Å². The molecule has 1 aromatic carbocycles. The molecule has 0 saturated heterocycles. The van der Waals surface area contributed by atoms with Gasteiger partial charge in [-0.1, -0.05) is 22.0 Å². The number of hydrogen-bond acceptors (Lipinski definition) is 8. The van der Waals surface area contributed by atoms with Crippen molar-refractivity contribution in [2.45, 2.75) is 37.9 Å². The van der Waals surface area contributed by atoms with Crippen LogP contribution in [0.3, 0.4) is 0 Å². The Morgan fingerprint density at radius 2 is 1.57 bits per heavy atom. The molecule has 0 N–H and O–H groups in total. The molecule has 0 aliphatic carbocycles. The Morgan fingerprint density at radius 3 is 2.14 bits per heavy atom. The van der Waals surface area contributed by atoms with Crippen LogP contribution >= 0.6 is 15.9 Å². The fourth-order valence-corrected chi connectivity index (χ4v) is 2.63. The molecule has 9 heteroatoms. The third-order valence-electron chi connectivity index (χ3n) is 3.33. The van der Waals surface area contributed by atoms with E-state index in [0.717, 1.165) is 5.56 Å². The van der Waals surface area contributed by atoms with E-state index in [2.05, 4.69) is 15.9 Å². The molecule has 0 saturated carbocycles. The van der Waals surface area contributed by atoms with Gasteiger partial charge in [0.25, 0.3) is 0 Å². The van der Waals surface area contributed by atoms with Crippen LogP contribution in [0.4, 0.5) is 0 Å².